The van der Waals surface area contributed by atoms with E-state index in [1.54, 1.807) is 11.8 Å². The normalized spacial score (nSPS) is 21.0. The largest absolute Gasteiger partial charge is 0.480 e. The molecule has 0 bridgehead atoms. The van der Waals surface area contributed by atoms with Gasteiger partial charge in [-0.3, -0.25) is 19.0 Å². The van der Waals surface area contributed by atoms with Crippen molar-refractivity contribution in [3.63, 3.8) is 0 Å². The standard InChI is InChI=1S/C23H23N3O6S4/c1-11(2)12(8-15-24(3)13-6-4-5-7-14(13)34-15)18-20(31)25(9-16(27)28)22(35-18)19-21(32)26(10-17(29)30)23(33)36-19/h4-8,11,21,32H,9-10H2,1-3H3,(H,27,28)(H,29,30)/b15-8-,18-12+,22-19+. The predicted molar refractivity (Wildman–Crippen MR) is 146 cm³/mol. The molecule has 1 fully saturated rings. The van der Waals surface area contributed by atoms with E-state index in [1.165, 1.54) is 0 Å². The summed E-state index contributed by atoms with van der Waals surface area (Å²) in [5, 5.41) is 30.4. The second-order valence-corrected chi connectivity index (χ2v) is 12.1. The fourth-order valence-electron chi connectivity index (χ4n) is 3.83. The summed E-state index contributed by atoms with van der Waals surface area (Å²) in [6.07, 6.45) is 0.554. The summed E-state index contributed by atoms with van der Waals surface area (Å²) in [5.41, 5.74) is 1.31. The van der Waals surface area contributed by atoms with Crippen LogP contribution in [-0.2, 0) is 16.1 Å². The Balaban J connectivity index is 1.95. The number of aromatic nitrogens is 1. The molecule has 0 radical (unpaired) electrons. The lowest BCUT2D eigenvalue weighted by molar-refractivity contribution is -0.139. The van der Waals surface area contributed by atoms with Gasteiger partial charge in [-0.1, -0.05) is 61.7 Å². The van der Waals surface area contributed by atoms with Crippen molar-refractivity contribution >= 4 is 79.5 Å². The molecular weight excluding hydrogens is 543 g/mol. The van der Waals surface area contributed by atoms with Gasteiger partial charge in [0.1, 0.15) is 22.1 Å². The van der Waals surface area contributed by atoms with Gasteiger partial charge >= 0.3 is 11.9 Å². The molecule has 0 spiro atoms. The molecule has 0 aliphatic carbocycles. The van der Waals surface area contributed by atoms with Crippen molar-refractivity contribution in [1.29, 1.82) is 0 Å². The number of nitrogens with zero attached hydrogens (tertiary/aromatic N) is 3. The highest BCUT2D eigenvalue weighted by Crippen LogP contribution is 2.45. The highest BCUT2D eigenvalue weighted by molar-refractivity contribution is 8.29. The molecule has 1 atom stereocenters. The van der Waals surface area contributed by atoms with Gasteiger partial charge in [0.25, 0.3) is 5.56 Å². The summed E-state index contributed by atoms with van der Waals surface area (Å²) in [4.78, 5) is 40.9. The van der Waals surface area contributed by atoms with Crippen LogP contribution in [0.1, 0.15) is 13.8 Å². The van der Waals surface area contributed by atoms with E-state index in [2.05, 4.69) is 0 Å². The number of thioether (sulfide) groups is 2. The predicted octanol–water partition coefficient (Wildman–Crippen LogP) is 1.73. The Bertz CT molecular complexity index is 1480. The number of fused-ring (bicyclic) bond motifs is 1. The van der Waals surface area contributed by atoms with E-state index in [-0.39, 0.29) is 19.8 Å². The number of para-hydroxylation sites is 1. The van der Waals surface area contributed by atoms with Gasteiger partial charge in [0.05, 0.1) is 20.2 Å². The quantitative estimate of drug-likeness (QED) is 0.444. The van der Waals surface area contributed by atoms with Crippen LogP contribution in [0.25, 0.3) is 10.5 Å². The van der Waals surface area contributed by atoms with Crippen molar-refractivity contribution in [2.75, 3.05) is 18.5 Å². The molecule has 190 valence electrons. The number of aliphatic hydroxyl groups excluding tert-OH is 1. The van der Waals surface area contributed by atoms with Crippen LogP contribution in [0.4, 0.5) is 5.69 Å². The van der Waals surface area contributed by atoms with Gasteiger partial charge in [-0.2, -0.15) is 0 Å². The molecule has 1 aromatic carbocycles. The van der Waals surface area contributed by atoms with E-state index in [0.717, 1.165) is 53.8 Å². The van der Waals surface area contributed by atoms with Gasteiger partial charge < -0.3 is 25.1 Å². The summed E-state index contributed by atoms with van der Waals surface area (Å²) in [7, 11) is 1.95. The molecule has 1 aromatic heterocycles. The molecule has 3 heterocycles. The lowest BCUT2D eigenvalue weighted by Gasteiger charge is -2.18. The minimum Gasteiger partial charge on any atom is -0.480 e. The number of aliphatic carboxylic acids is 2. The van der Waals surface area contributed by atoms with E-state index >= 15 is 0 Å². The summed E-state index contributed by atoms with van der Waals surface area (Å²) < 4.78 is 1.86. The molecule has 2 aliphatic rings. The van der Waals surface area contributed by atoms with Gasteiger partial charge in [0, 0.05) is 11.9 Å². The third-order valence-electron chi connectivity index (χ3n) is 5.59. The summed E-state index contributed by atoms with van der Waals surface area (Å²) >= 11 is 8.88. The highest BCUT2D eigenvalue weighted by atomic mass is 32.2. The van der Waals surface area contributed by atoms with Crippen LogP contribution >= 0.6 is 47.1 Å². The fraction of sp³-hybridized carbons (Fsp3) is 0.304. The van der Waals surface area contributed by atoms with Crippen LogP contribution in [0.5, 0.6) is 0 Å². The van der Waals surface area contributed by atoms with Gasteiger partial charge in [0.2, 0.25) is 0 Å². The topological polar surface area (TPSA) is 123 Å². The van der Waals surface area contributed by atoms with Crippen LogP contribution in [0.2, 0.25) is 0 Å². The Labute approximate surface area is 224 Å². The third-order valence-corrected chi connectivity index (χ3v) is 9.65. The minimum atomic E-state index is -1.39. The average molecular weight is 566 g/mol. The summed E-state index contributed by atoms with van der Waals surface area (Å²) in [5.74, 6) is -2.45. The van der Waals surface area contributed by atoms with Crippen molar-refractivity contribution in [3.8, 4) is 0 Å². The molecular formula is C23H23N3O6S4. The molecule has 2 aromatic rings. The molecule has 13 heteroatoms. The lowest BCUT2D eigenvalue weighted by atomic mass is 10.0. The maximum Gasteiger partial charge on any atom is 0.323 e. The monoisotopic (exact) mass is 565 g/mol. The minimum absolute atomic E-state index is 0.0663. The number of thiazole rings is 1. The number of hydrogen-bond donors (Lipinski definition) is 3. The summed E-state index contributed by atoms with van der Waals surface area (Å²) in [6, 6.07) is 7.96. The molecule has 9 nitrogen and oxygen atoms in total. The van der Waals surface area contributed by atoms with Gasteiger partial charge in [-0.25, -0.2) is 0 Å². The van der Waals surface area contributed by atoms with E-state index in [1.807, 2.05) is 56.1 Å². The number of hydrogen-bond acceptors (Lipinski definition) is 9. The lowest BCUT2D eigenvalue weighted by Crippen LogP contribution is -2.39. The van der Waals surface area contributed by atoms with E-state index in [9.17, 15) is 24.6 Å². The first-order valence-corrected chi connectivity index (χ1v) is 13.7. The number of aliphatic hydroxyl groups is 1. The number of benzene rings is 1. The SMILES string of the molecule is CC(C)C(/C=C1\Sc2ccccc2N1C)=c1/s/c(=C2/SC(=S)N(CC(=O)O)C2O)n(CC(=O)O)c1=O. The maximum absolute atomic E-state index is 13.5. The number of anilines is 1. The van der Waals surface area contributed by atoms with E-state index < -0.39 is 36.8 Å². The number of allylic oxidation sites excluding steroid dienone is 1. The Morgan fingerprint density at radius 1 is 1.14 bits per heavy atom. The molecule has 1 unspecified atom stereocenters. The van der Waals surface area contributed by atoms with Crippen LogP contribution < -0.4 is 19.7 Å². The molecule has 1 saturated heterocycles. The van der Waals surface area contributed by atoms with Gasteiger partial charge in [-0.05, 0) is 29.7 Å². The number of rotatable bonds is 6. The first-order chi connectivity index (χ1) is 17.0. The second-order valence-electron chi connectivity index (χ2n) is 8.37. The molecule has 4 rings (SSSR count). The summed E-state index contributed by atoms with van der Waals surface area (Å²) in [6.45, 7) is 2.79. The van der Waals surface area contributed by atoms with Crippen molar-refractivity contribution in [3.05, 3.63) is 54.9 Å². The Hall–Kier alpha value is -2.58. The van der Waals surface area contributed by atoms with E-state index in [4.69, 9.17) is 17.3 Å². The Kier molecular flexibility index (Phi) is 7.67. The first-order valence-electron chi connectivity index (χ1n) is 10.8. The van der Waals surface area contributed by atoms with Crippen molar-refractivity contribution < 1.29 is 24.9 Å². The molecule has 3 N–H and O–H groups in total. The van der Waals surface area contributed by atoms with Gasteiger partial charge in [0.15, 0.2) is 6.23 Å². The van der Waals surface area contributed by atoms with Crippen molar-refractivity contribution in [2.24, 2.45) is 5.92 Å². The smallest absolute Gasteiger partial charge is 0.323 e. The number of carbonyl (C=O) groups is 2. The second kappa shape index (κ2) is 10.4. The zero-order chi connectivity index (χ0) is 26.3. The maximum atomic E-state index is 13.5. The fourth-order valence-corrected chi connectivity index (χ4v) is 7.78. The van der Waals surface area contributed by atoms with E-state index in [0.29, 0.717) is 4.53 Å². The highest BCUT2D eigenvalue weighted by Gasteiger charge is 2.35. The van der Waals surface area contributed by atoms with Crippen LogP contribution in [0, 0.1) is 5.92 Å². The van der Waals surface area contributed by atoms with Crippen LogP contribution in [0.3, 0.4) is 0 Å². The zero-order valence-electron chi connectivity index (χ0n) is 19.5. The first kappa shape index (κ1) is 26.5. The molecule has 36 heavy (non-hydrogen) atoms. The van der Waals surface area contributed by atoms with Crippen molar-refractivity contribution in [1.82, 2.24) is 9.47 Å². The third kappa shape index (κ3) is 4.98. The molecule has 2 aliphatic heterocycles. The average Bonchev–Trinajstić information content (AvgIpc) is 3.39. The van der Waals surface area contributed by atoms with Crippen LogP contribution in [0.15, 0.2) is 45.1 Å². The van der Waals surface area contributed by atoms with Gasteiger partial charge in [-0.15, -0.1) is 11.3 Å². The molecule has 0 amide bonds. The Morgan fingerprint density at radius 2 is 1.81 bits per heavy atom. The van der Waals surface area contributed by atoms with Crippen LogP contribution in [-0.4, -0.2) is 60.9 Å². The molecule has 0 saturated carbocycles. The Morgan fingerprint density at radius 3 is 2.42 bits per heavy atom. The zero-order valence-corrected chi connectivity index (χ0v) is 22.8. The number of thiocarbonyl (C=S) groups is 1. The van der Waals surface area contributed by atoms with Crippen molar-refractivity contribution in [2.45, 2.75) is 31.5 Å². The number of carboxylic acid groups (broad SMARTS) is 2. The number of carboxylic acids is 2.